The van der Waals surface area contributed by atoms with Crippen molar-refractivity contribution in [1.82, 2.24) is 19.9 Å². The van der Waals surface area contributed by atoms with Gasteiger partial charge in [0.05, 0.1) is 37.9 Å². The molecule has 0 amide bonds. The number of hydrogen-bond donors (Lipinski definition) is 4. The zero-order chi connectivity index (χ0) is 77.2. The van der Waals surface area contributed by atoms with Crippen LogP contribution < -0.4 is 0 Å². The summed E-state index contributed by atoms with van der Waals surface area (Å²) in [4.78, 5) is 63.4. The van der Waals surface area contributed by atoms with E-state index in [1.165, 1.54) is 116 Å². The molecule has 3 saturated carbocycles. The molecule has 0 bridgehead atoms. The maximum atomic E-state index is 13.8. The Hall–Kier alpha value is -8.12. The van der Waals surface area contributed by atoms with E-state index in [9.17, 15) is 19.2 Å². The smallest absolute Gasteiger partial charge is 0.309 e. The second kappa shape index (κ2) is 38.5. The summed E-state index contributed by atoms with van der Waals surface area (Å²) in [6, 6.07) is 42.8. The fourth-order valence-electron chi connectivity index (χ4n) is 19.8. The number of benzene rings is 5. The topological polar surface area (TPSA) is 168 Å². The number of fused-ring (bicyclic) bond motifs is 9. The van der Waals surface area contributed by atoms with Crippen LogP contribution in [0.4, 0.5) is 0 Å². The Balaban J connectivity index is 0.000000198. The van der Waals surface area contributed by atoms with Crippen LogP contribution in [-0.2, 0) is 70.4 Å². The van der Waals surface area contributed by atoms with Crippen molar-refractivity contribution in [3.63, 3.8) is 0 Å². The lowest BCUT2D eigenvalue weighted by atomic mass is 9.47. The summed E-state index contributed by atoms with van der Waals surface area (Å²) in [5, 5.41) is 4.81. The maximum absolute atomic E-state index is 13.8. The van der Waals surface area contributed by atoms with E-state index in [1.807, 2.05) is 85.3 Å². The Bertz CT molecular complexity index is 4270. The number of carbonyl (C=O) groups is 4. The molecular weight excluding hydrogens is 1340 g/mol. The van der Waals surface area contributed by atoms with Crippen molar-refractivity contribution >= 4 is 67.5 Å². The Labute approximate surface area is 649 Å². The van der Waals surface area contributed by atoms with Gasteiger partial charge >= 0.3 is 23.9 Å². The molecule has 9 aromatic rings. The minimum atomic E-state index is -0.122. The number of para-hydroxylation sites is 4. The van der Waals surface area contributed by atoms with Crippen LogP contribution in [0.15, 0.2) is 164 Å². The second-order valence-electron chi connectivity index (χ2n) is 35.3. The molecule has 0 radical (unpaired) electrons. The molecule has 0 saturated heterocycles. The molecule has 4 unspecified atom stereocenters. The minimum absolute atomic E-state index is 0. The Morgan fingerprint density at radius 3 is 1.28 bits per heavy atom. The molecule has 4 aliphatic carbocycles. The number of aromatic amines is 4. The summed E-state index contributed by atoms with van der Waals surface area (Å²) < 4.78 is 21.9. The number of rotatable bonds is 28. The highest BCUT2D eigenvalue weighted by atomic mass is 16.5. The third-order valence-electron chi connectivity index (χ3n) is 25.1. The van der Waals surface area contributed by atoms with E-state index in [1.54, 1.807) is 5.57 Å². The number of allylic oxidation sites excluding steroid dienone is 1. The van der Waals surface area contributed by atoms with Crippen molar-refractivity contribution < 1.29 is 41.0 Å². The number of aromatic nitrogens is 4. The maximum Gasteiger partial charge on any atom is 0.309 e. The Morgan fingerprint density at radius 2 is 0.861 bits per heavy atom. The lowest BCUT2D eigenvalue weighted by Gasteiger charge is -2.58. The number of nitrogens with one attached hydrogen (secondary N) is 4. The van der Waals surface area contributed by atoms with E-state index in [-0.39, 0.29) is 61.9 Å². The average molecular weight is 1470 g/mol. The molecule has 5 aromatic carbocycles. The van der Waals surface area contributed by atoms with Crippen molar-refractivity contribution in [2.45, 2.75) is 225 Å². The fraction of sp³-hybridized carbons (Fsp3) is 0.542. The molecule has 4 aromatic heterocycles. The Kier molecular flexibility index (Phi) is 29.4. The number of esters is 4. The van der Waals surface area contributed by atoms with Gasteiger partial charge in [0.15, 0.2) is 0 Å². The van der Waals surface area contributed by atoms with E-state index >= 15 is 0 Å². The van der Waals surface area contributed by atoms with Crippen LogP contribution >= 0.6 is 0 Å². The van der Waals surface area contributed by atoms with Gasteiger partial charge in [0.2, 0.25) is 0 Å². The first-order chi connectivity index (χ1) is 51.8. The number of ether oxygens (including phenoxy) is 4. The predicted octanol–water partition coefficient (Wildman–Crippen LogP) is 24.0. The van der Waals surface area contributed by atoms with Crippen LogP contribution in [0.1, 0.15) is 217 Å². The summed E-state index contributed by atoms with van der Waals surface area (Å²) in [7, 11) is 2.93. The Morgan fingerprint density at radius 1 is 0.454 bits per heavy atom. The van der Waals surface area contributed by atoms with Gasteiger partial charge in [0.1, 0.15) is 12.7 Å². The van der Waals surface area contributed by atoms with Gasteiger partial charge in [-0.1, -0.05) is 224 Å². The van der Waals surface area contributed by atoms with Crippen molar-refractivity contribution in [2.24, 2.45) is 93.7 Å². The number of hydrogen-bond acceptors (Lipinski definition) is 8. The molecule has 4 aliphatic rings. The van der Waals surface area contributed by atoms with E-state index in [2.05, 4.69) is 183 Å². The SMILES string of the molecule is CC(C)CC(Cc1c[nH]c2ccccc12)C(=O)OCc1ccccc1.CC(C)CCC[C@@H](C)[C@H]1CC[C@H]2[C@@H]3CC=C4C[C@@H](OC(=O)C(Cc5c[nH]c6ccccc56)CC(C)C)CC[C@]4(C)[C@H]3CC[C@]12C.COC(=O)C(Cc1c[nH]c2ccccc12)CC(C)C.COC(=O)C(Cc1c[nH]c2ccccc12)CC(C)C.[HH].[HH]. The van der Waals surface area contributed by atoms with Crippen molar-refractivity contribution in [3.05, 3.63) is 192 Å². The first-order valence-corrected chi connectivity index (χ1v) is 41.3. The highest BCUT2D eigenvalue weighted by molar-refractivity contribution is 5.87. The van der Waals surface area contributed by atoms with Crippen LogP contribution in [-0.4, -0.2) is 64.1 Å². The van der Waals surface area contributed by atoms with Crippen molar-refractivity contribution in [2.75, 3.05) is 14.2 Å². The van der Waals surface area contributed by atoms with Crippen LogP contribution in [0, 0.1) is 93.7 Å². The third kappa shape index (κ3) is 21.1. The molecule has 12 atom stereocenters. The minimum Gasteiger partial charge on any atom is -0.469 e. The van der Waals surface area contributed by atoms with Crippen LogP contribution in [0.25, 0.3) is 43.6 Å². The highest BCUT2D eigenvalue weighted by Gasteiger charge is 2.59. The largest absolute Gasteiger partial charge is 0.469 e. The average Bonchev–Trinajstić information content (AvgIpc) is 1.39. The third-order valence-corrected chi connectivity index (χ3v) is 25.1. The molecule has 0 aliphatic heterocycles. The summed E-state index contributed by atoms with van der Waals surface area (Å²) >= 11 is 0. The molecule has 3 fully saturated rings. The van der Waals surface area contributed by atoms with Crippen molar-refractivity contribution in [3.8, 4) is 0 Å². The monoisotopic (exact) mass is 1470 g/mol. The summed E-state index contributed by atoms with van der Waals surface area (Å²) in [6.45, 7) is 30.2. The van der Waals surface area contributed by atoms with Crippen LogP contribution in [0.2, 0.25) is 0 Å². The van der Waals surface area contributed by atoms with Gasteiger partial charge in [-0.2, -0.15) is 0 Å². The molecular formula is C96H134N4O8. The summed E-state index contributed by atoms with van der Waals surface area (Å²) in [6.07, 6.45) is 31.4. The number of methoxy groups -OCH3 is 2. The zero-order valence-electron chi connectivity index (χ0n) is 68.1. The predicted molar refractivity (Wildman–Crippen MR) is 447 cm³/mol. The standard InChI is InChI=1S/C42H63NO2.C22H25NO2.2C16H21NO2.2H2/c1-27(2)11-10-12-29(5)36-17-18-37-35-16-15-32-25-33(19-21-41(32,6)38(35)20-22-42(36,37)7)45-40(44)30(23-28(3)4)24-31-26-43-39-14-9-8-13-34(31)39;1-16(2)12-18(22(24)25-15-17-8-4-3-5-9-17)13-19-14-23-21-11-7-6-10-20(19)21;2*1-11(2)8-12(16(18)19-3)9-13-10-17-15-7-5-4-6-14(13)15;;/h8-9,13-15,26-30,33,35-38,43H,10-12,16-25H2,1-7H3;3-11,14,16,18,23H,12-13,15H2,1-2H3;2*4-7,10-12,17H,8-9H2,1-3H3;2*1H/t29-,30?,33+,35+,36-,37+,38+,41+,42-;;;;;/m1...../s1. The van der Waals surface area contributed by atoms with Gasteiger partial charge in [-0.05, 0) is 218 Å². The lowest BCUT2D eigenvalue weighted by Crippen LogP contribution is -2.51. The van der Waals surface area contributed by atoms with Gasteiger partial charge in [-0.3, -0.25) is 19.2 Å². The summed E-state index contributed by atoms with van der Waals surface area (Å²) in [5.41, 5.74) is 12.7. The molecule has 0 spiro atoms. The number of H-pyrrole nitrogens is 4. The van der Waals surface area contributed by atoms with Gasteiger partial charge in [0, 0.05) is 77.7 Å². The van der Waals surface area contributed by atoms with E-state index < -0.39 is 0 Å². The normalized spacial score (nSPS) is 21.7. The molecule has 108 heavy (non-hydrogen) atoms. The molecule has 13 rings (SSSR count). The van der Waals surface area contributed by atoms with Gasteiger partial charge < -0.3 is 38.9 Å². The van der Waals surface area contributed by atoms with E-state index in [4.69, 9.17) is 18.9 Å². The molecule has 4 N–H and O–H groups in total. The van der Waals surface area contributed by atoms with Crippen molar-refractivity contribution in [1.29, 1.82) is 0 Å². The van der Waals surface area contributed by atoms with E-state index in [0.29, 0.717) is 42.1 Å². The first-order valence-electron chi connectivity index (χ1n) is 41.3. The number of carbonyl (C=O) groups excluding carboxylic acids is 4. The molecule has 12 heteroatoms. The van der Waals surface area contributed by atoms with E-state index in [0.717, 1.165) is 121 Å². The van der Waals surface area contributed by atoms with Gasteiger partial charge in [0.25, 0.3) is 0 Å². The molecule has 12 nitrogen and oxygen atoms in total. The van der Waals surface area contributed by atoms with Gasteiger partial charge in [-0.15, -0.1) is 0 Å². The second-order valence-corrected chi connectivity index (χ2v) is 35.3. The lowest BCUT2D eigenvalue weighted by molar-refractivity contribution is -0.157. The molecule has 4 heterocycles. The fourth-order valence-corrected chi connectivity index (χ4v) is 19.8. The summed E-state index contributed by atoms with van der Waals surface area (Å²) in [5.74, 6) is 6.33. The first kappa shape index (κ1) is 82.4. The van der Waals surface area contributed by atoms with Crippen LogP contribution in [0.5, 0.6) is 0 Å². The quantitative estimate of drug-likeness (QED) is 0.0213. The molecule has 586 valence electrons. The van der Waals surface area contributed by atoms with Gasteiger partial charge in [-0.25, -0.2) is 0 Å². The zero-order valence-corrected chi connectivity index (χ0v) is 68.1. The highest BCUT2D eigenvalue weighted by Crippen LogP contribution is 2.67. The van der Waals surface area contributed by atoms with Crippen LogP contribution in [0.3, 0.4) is 0 Å².